The first-order chi connectivity index (χ1) is 18.3. The average Bonchev–Trinajstić information content (AvgIpc) is 3.49. The summed E-state index contributed by atoms with van der Waals surface area (Å²) in [6.45, 7) is 3.30. The van der Waals surface area contributed by atoms with Crippen LogP contribution in [-0.2, 0) is 14.3 Å². The summed E-state index contributed by atoms with van der Waals surface area (Å²) < 4.78 is 42.4. The summed E-state index contributed by atoms with van der Waals surface area (Å²) in [7, 11) is 1.53. The molecule has 2 heterocycles. The monoisotopic (exact) mass is 591 g/mol. The van der Waals surface area contributed by atoms with Gasteiger partial charge >= 0.3 is 12.3 Å². The number of alkyl halides is 3. The number of halogens is 5. The summed E-state index contributed by atoms with van der Waals surface area (Å²) in [6, 6.07) is 4.69. The third-order valence-electron chi connectivity index (χ3n) is 8.24. The average molecular weight is 592 g/mol. The van der Waals surface area contributed by atoms with Gasteiger partial charge in [-0.3, -0.25) is 9.59 Å². The lowest BCUT2D eigenvalue weighted by molar-refractivity contribution is -0.142. The van der Waals surface area contributed by atoms with Crippen molar-refractivity contribution in [1.29, 1.82) is 0 Å². The molecule has 0 spiro atoms. The van der Waals surface area contributed by atoms with Gasteiger partial charge in [-0.2, -0.15) is 13.2 Å². The zero-order valence-corrected chi connectivity index (χ0v) is 23.6. The molecule has 39 heavy (non-hydrogen) atoms. The minimum Gasteiger partial charge on any atom is -0.449 e. The highest BCUT2D eigenvalue weighted by atomic mass is 35.5. The number of benzene rings is 1. The largest absolute Gasteiger partial charge is 0.449 e. The number of piperidine rings is 1. The lowest BCUT2D eigenvalue weighted by Gasteiger charge is -2.34. The number of likely N-dealkylation sites (N-methyl/N-ethyl adjacent to an activating group) is 1. The second-order valence-electron chi connectivity index (χ2n) is 11.2. The van der Waals surface area contributed by atoms with Gasteiger partial charge in [0.15, 0.2) is 0 Å². The Morgan fingerprint density at radius 3 is 2.33 bits per heavy atom. The summed E-state index contributed by atoms with van der Waals surface area (Å²) in [4.78, 5) is 44.0. The normalized spacial score (nSPS) is 23.1. The van der Waals surface area contributed by atoms with Crippen molar-refractivity contribution in [2.24, 2.45) is 11.3 Å². The van der Waals surface area contributed by atoms with E-state index in [1.807, 2.05) is 11.8 Å². The molecule has 2 saturated heterocycles. The Kier molecular flexibility index (Phi) is 8.95. The SMILES string of the molecule is CN(C(=O)OCCCC(F)(F)F)[C@@H]1CN(C(=O)C2CCN(C(=O)C3(C)CC3)CC2)C[C@H]1c1ccc(Cl)c(Cl)c1. The van der Waals surface area contributed by atoms with Crippen molar-refractivity contribution in [2.75, 3.05) is 39.8 Å². The second kappa shape index (κ2) is 11.7. The van der Waals surface area contributed by atoms with Gasteiger partial charge in [0.1, 0.15) is 0 Å². The number of hydrogen-bond donors (Lipinski definition) is 0. The Labute approximate surface area is 236 Å². The highest BCUT2D eigenvalue weighted by molar-refractivity contribution is 6.42. The van der Waals surface area contributed by atoms with E-state index in [0.717, 1.165) is 18.4 Å². The number of hydrogen-bond acceptors (Lipinski definition) is 4. The number of amides is 3. The van der Waals surface area contributed by atoms with Crippen LogP contribution in [0.3, 0.4) is 0 Å². The van der Waals surface area contributed by atoms with Crippen LogP contribution in [0.4, 0.5) is 18.0 Å². The molecule has 1 saturated carbocycles. The van der Waals surface area contributed by atoms with Crippen molar-refractivity contribution in [1.82, 2.24) is 14.7 Å². The van der Waals surface area contributed by atoms with E-state index in [1.54, 1.807) is 23.1 Å². The van der Waals surface area contributed by atoms with Gasteiger partial charge in [-0.1, -0.05) is 36.2 Å². The van der Waals surface area contributed by atoms with Crippen LogP contribution in [0.1, 0.15) is 56.9 Å². The van der Waals surface area contributed by atoms with E-state index in [0.29, 0.717) is 42.5 Å². The number of carbonyl (C=O) groups excluding carboxylic acids is 3. The summed E-state index contributed by atoms with van der Waals surface area (Å²) >= 11 is 12.4. The van der Waals surface area contributed by atoms with Gasteiger partial charge in [-0.05, 0) is 49.8 Å². The molecule has 1 aromatic carbocycles. The lowest BCUT2D eigenvalue weighted by atomic mass is 9.93. The van der Waals surface area contributed by atoms with Gasteiger partial charge in [0.05, 0.1) is 22.7 Å². The van der Waals surface area contributed by atoms with Crippen LogP contribution >= 0.6 is 23.2 Å². The first kappa shape index (κ1) is 29.8. The van der Waals surface area contributed by atoms with Crippen LogP contribution in [0, 0.1) is 11.3 Å². The van der Waals surface area contributed by atoms with Gasteiger partial charge in [0.2, 0.25) is 11.8 Å². The standard InChI is InChI=1S/C27H34Cl2F3N3O4/c1-26(9-10-26)24(37)34-11-6-17(7-12-34)23(36)35-15-19(18-4-5-20(28)21(29)14-18)22(16-35)33(2)25(38)39-13-3-8-27(30,31)32/h4-5,14,17,19,22H,3,6-13,15-16H2,1-2H3/t19-,22+/m0/s1. The molecule has 7 nitrogen and oxygen atoms in total. The maximum Gasteiger partial charge on any atom is 0.409 e. The Morgan fingerprint density at radius 1 is 1.08 bits per heavy atom. The number of carbonyl (C=O) groups is 3. The molecule has 2 atom stereocenters. The Hall–Kier alpha value is -2.20. The van der Waals surface area contributed by atoms with Crippen molar-refractivity contribution >= 4 is 41.1 Å². The zero-order chi connectivity index (χ0) is 28.5. The fourth-order valence-electron chi connectivity index (χ4n) is 5.47. The van der Waals surface area contributed by atoms with Gasteiger partial charge in [-0.25, -0.2) is 4.79 Å². The van der Waals surface area contributed by atoms with E-state index in [9.17, 15) is 27.6 Å². The first-order valence-electron chi connectivity index (χ1n) is 13.3. The van der Waals surface area contributed by atoms with Crippen LogP contribution in [-0.4, -0.2) is 84.7 Å². The zero-order valence-electron chi connectivity index (χ0n) is 22.1. The van der Waals surface area contributed by atoms with E-state index < -0.39 is 24.7 Å². The molecule has 216 valence electrons. The molecule has 0 aromatic heterocycles. The van der Waals surface area contributed by atoms with Crippen LogP contribution in [0.2, 0.25) is 10.0 Å². The quantitative estimate of drug-likeness (QED) is 0.379. The fourth-order valence-corrected chi connectivity index (χ4v) is 5.78. The third-order valence-corrected chi connectivity index (χ3v) is 8.97. The van der Waals surface area contributed by atoms with Crippen LogP contribution < -0.4 is 0 Å². The van der Waals surface area contributed by atoms with Crippen LogP contribution in [0.15, 0.2) is 18.2 Å². The highest BCUT2D eigenvalue weighted by Gasteiger charge is 2.48. The van der Waals surface area contributed by atoms with E-state index in [4.69, 9.17) is 27.9 Å². The minimum absolute atomic E-state index is 0.0285. The summed E-state index contributed by atoms with van der Waals surface area (Å²) in [6.07, 6.45) is -3.44. The highest BCUT2D eigenvalue weighted by Crippen LogP contribution is 2.47. The van der Waals surface area contributed by atoms with Crippen molar-refractivity contribution in [3.05, 3.63) is 33.8 Å². The predicted molar refractivity (Wildman–Crippen MR) is 141 cm³/mol. The molecule has 0 radical (unpaired) electrons. The molecule has 1 aromatic rings. The summed E-state index contributed by atoms with van der Waals surface area (Å²) in [5, 5.41) is 0.721. The molecule has 12 heteroatoms. The van der Waals surface area contributed by atoms with Gasteiger partial charge in [-0.15, -0.1) is 0 Å². The van der Waals surface area contributed by atoms with Crippen molar-refractivity contribution in [3.8, 4) is 0 Å². The molecule has 1 aliphatic carbocycles. The fraction of sp³-hybridized carbons (Fsp3) is 0.667. The molecule has 0 unspecified atom stereocenters. The minimum atomic E-state index is -4.32. The Bertz CT molecular complexity index is 1090. The number of nitrogens with zero attached hydrogens (tertiary/aromatic N) is 3. The number of likely N-dealkylation sites (tertiary alicyclic amines) is 2. The Morgan fingerprint density at radius 2 is 1.74 bits per heavy atom. The van der Waals surface area contributed by atoms with E-state index in [1.165, 1.54) is 11.9 Å². The smallest absolute Gasteiger partial charge is 0.409 e. The van der Waals surface area contributed by atoms with E-state index in [2.05, 4.69) is 0 Å². The van der Waals surface area contributed by atoms with Gasteiger partial charge < -0.3 is 19.4 Å². The molecule has 0 bridgehead atoms. The van der Waals surface area contributed by atoms with Gasteiger partial charge in [0, 0.05) is 56.9 Å². The van der Waals surface area contributed by atoms with E-state index >= 15 is 0 Å². The topological polar surface area (TPSA) is 70.2 Å². The van der Waals surface area contributed by atoms with Gasteiger partial charge in [0.25, 0.3) is 0 Å². The molecule has 3 aliphatic rings. The molecule has 0 N–H and O–H groups in total. The predicted octanol–water partition coefficient (Wildman–Crippen LogP) is 5.74. The van der Waals surface area contributed by atoms with Crippen LogP contribution in [0.5, 0.6) is 0 Å². The third kappa shape index (κ3) is 7.12. The van der Waals surface area contributed by atoms with Crippen molar-refractivity contribution < 1.29 is 32.3 Å². The number of ether oxygens (including phenoxy) is 1. The second-order valence-corrected chi connectivity index (χ2v) is 12.0. The molecule has 3 amide bonds. The van der Waals surface area contributed by atoms with E-state index in [-0.39, 0.29) is 48.6 Å². The van der Waals surface area contributed by atoms with Crippen molar-refractivity contribution in [3.63, 3.8) is 0 Å². The lowest BCUT2D eigenvalue weighted by Crippen LogP contribution is -2.46. The first-order valence-corrected chi connectivity index (χ1v) is 14.0. The molecular weight excluding hydrogens is 558 g/mol. The molecule has 3 fully saturated rings. The summed E-state index contributed by atoms with van der Waals surface area (Å²) in [5.74, 6) is -0.384. The van der Waals surface area contributed by atoms with Crippen LogP contribution in [0.25, 0.3) is 0 Å². The molecule has 2 aliphatic heterocycles. The Balaban J connectivity index is 1.42. The molecule has 4 rings (SSSR count). The molecular formula is C27H34Cl2F3N3O4. The number of rotatable bonds is 7. The summed E-state index contributed by atoms with van der Waals surface area (Å²) in [5.41, 5.74) is 0.553. The maximum atomic E-state index is 13.6. The van der Waals surface area contributed by atoms with Crippen molar-refractivity contribution in [2.45, 2.75) is 63.6 Å². The maximum absolute atomic E-state index is 13.6.